The van der Waals surface area contributed by atoms with Crippen LogP contribution in [0.1, 0.15) is 11.4 Å². The molecule has 0 bridgehead atoms. The van der Waals surface area contributed by atoms with Gasteiger partial charge in [0.2, 0.25) is 0 Å². The van der Waals surface area contributed by atoms with Crippen LogP contribution in [0.5, 0.6) is 0 Å². The lowest BCUT2D eigenvalue weighted by Crippen LogP contribution is -2.13. The Morgan fingerprint density at radius 1 is 1.40 bits per heavy atom. The van der Waals surface area contributed by atoms with E-state index < -0.39 is 10.0 Å². The van der Waals surface area contributed by atoms with Gasteiger partial charge in [-0.05, 0) is 48.1 Å². The van der Waals surface area contributed by atoms with Crippen molar-refractivity contribution in [2.24, 2.45) is 0 Å². The number of hydrogen-bond donors (Lipinski definition) is 3. The van der Waals surface area contributed by atoms with Crippen molar-refractivity contribution in [2.45, 2.75) is 18.4 Å². The summed E-state index contributed by atoms with van der Waals surface area (Å²) in [4.78, 5) is 7.26. The predicted octanol–water partition coefficient (Wildman–Crippen LogP) is 2.00. The largest absolute Gasteiger partial charge is 0.363 e. The van der Waals surface area contributed by atoms with Gasteiger partial charge >= 0.3 is 0 Å². The maximum atomic E-state index is 12.2. The lowest BCUT2D eigenvalue weighted by Gasteiger charge is -2.07. The highest BCUT2D eigenvalue weighted by atomic mass is 79.9. The lowest BCUT2D eigenvalue weighted by atomic mass is 10.4. The Morgan fingerprint density at radius 2 is 2.15 bits per heavy atom. The van der Waals surface area contributed by atoms with Crippen LogP contribution in [0.3, 0.4) is 0 Å². The highest BCUT2D eigenvalue weighted by Gasteiger charge is 2.17. The molecular formula is C12H15BrN4O2S. The number of nitrogens with one attached hydrogen (secondary N) is 3. The second-order valence-corrected chi connectivity index (χ2v) is 6.80. The molecule has 0 atom stereocenters. The molecule has 108 valence electrons. The third-order valence-corrected chi connectivity index (χ3v) is 4.83. The molecule has 8 heteroatoms. The Balaban J connectivity index is 2.23. The summed E-state index contributed by atoms with van der Waals surface area (Å²) in [6.07, 6.45) is 1.46. The molecule has 0 aliphatic rings. The van der Waals surface area contributed by atoms with Crippen LogP contribution in [0.25, 0.3) is 0 Å². The fraction of sp³-hybridized carbons (Fsp3) is 0.250. The van der Waals surface area contributed by atoms with E-state index in [9.17, 15) is 8.42 Å². The first-order valence-corrected chi connectivity index (χ1v) is 8.18. The van der Waals surface area contributed by atoms with E-state index >= 15 is 0 Å². The molecule has 6 nitrogen and oxygen atoms in total. The van der Waals surface area contributed by atoms with Crippen LogP contribution in [0.4, 0.5) is 5.82 Å². The Labute approximate surface area is 126 Å². The molecule has 2 aromatic heterocycles. The molecule has 2 heterocycles. The van der Waals surface area contributed by atoms with E-state index in [-0.39, 0.29) is 4.90 Å². The van der Waals surface area contributed by atoms with E-state index in [0.717, 1.165) is 15.9 Å². The van der Waals surface area contributed by atoms with Crippen LogP contribution in [-0.2, 0) is 16.6 Å². The van der Waals surface area contributed by atoms with Gasteiger partial charge in [0, 0.05) is 22.9 Å². The number of nitrogens with zero attached hydrogens (tertiary/aromatic N) is 1. The zero-order chi connectivity index (χ0) is 14.8. The minimum absolute atomic E-state index is 0.185. The van der Waals surface area contributed by atoms with E-state index in [1.54, 1.807) is 32.2 Å². The summed E-state index contributed by atoms with van der Waals surface area (Å²) < 4.78 is 27.7. The number of anilines is 1. The fourth-order valence-corrected chi connectivity index (χ4v) is 2.90. The van der Waals surface area contributed by atoms with E-state index in [2.05, 4.69) is 35.9 Å². The average Bonchev–Trinajstić information content (AvgIpc) is 2.83. The van der Waals surface area contributed by atoms with Crippen LogP contribution < -0.4 is 10.0 Å². The van der Waals surface area contributed by atoms with Crippen LogP contribution in [0, 0.1) is 6.92 Å². The molecule has 0 aromatic carbocycles. The van der Waals surface area contributed by atoms with Crippen molar-refractivity contribution in [3.05, 3.63) is 40.3 Å². The molecule has 0 saturated carbocycles. The van der Waals surface area contributed by atoms with Crippen molar-refractivity contribution >= 4 is 31.8 Å². The summed E-state index contributed by atoms with van der Waals surface area (Å²) in [5, 5.41) is 2.95. The number of aromatic nitrogens is 2. The molecule has 2 aromatic rings. The zero-order valence-corrected chi connectivity index (χ0v) is 13.5. The average molecular weight is 359 g/mol. The van der Waals surface area contributed by atoms with Gasteiger partial charge in [0.15, 0.2) is 0 Å². The van der Waals surface area contributed by atoms with Gasteiger partial charge in [-0.3, -0.25) is 4.72 Å². The number of H-pyrrole nitrogens is 1. The second kappa shape index (κ2) is 5.94. The molecule has 0 saturated heterocycles. The molecule has 0 spiro atoms. The fourth-order valence-electron chi connectivity index (χ4n) is 1.66. The molecule has 0 radical (unpaired) electrons. The first-order chi connectivity index (χ1) is 9.42. The van der Waals surface area contributed by atoms with Crippen molar-refractivity contribution in [2.75, 3.05) is 11.8 Å². The Morgan fingerprint density at radius 3 is 2.80 bits per heavy atom. The summed E-state index contributed by atoms with van der Waals surface area (Å²) in [6.45, 7) is 2.37. The van der Waals surface area contributed by atoms with Crippen LogP contribution in [0.2, 0.25) is 0 Å². The van der Waals surface area contributed by atoms with Gasteiger partial charge < -0.3 is 10.3 Å². The predicted molar refractivity (Wildman–Crippen MR) is 81.0 cm³/mol. The van der Waals surface area contributed by atoms with E-state index in [1.807, 2.05) is 0 Å². The van der Waals surface area contributed by atoms with Crippen molar-refractivity contribution in [1.29, 1.82) is 0 Å². The SMILES string of the molecule is CNCc1cc(S(=O)(=O)Nc2ccc(Br)c(C)n2)c[nH]1. The molecule has 2 rings (SSSR count). The normalized spacial score (nSPS) is 11.6. The molecular weight excluding hydrogens is 344 g/mol. The maximum Gasteiger partial charge on any atom is 0.264 e. The number of pyridine rings is 1. The Kier molecular flexibility index (Phi) is 4.46. The number of halogens is 1. The third kappa shape index (κ3) is 3.38. The minimum atomic E-state index is -3.63. The summed E-state index contributed by atoms with van der Waals surface area (Å²) in [5.41, 5.74) is 1.52. The minimum Gasteiger partial charge on any atom is -0.363 e. The van der Waals surface area contributed by atoms with Crippen molar-refractivity contribution in [3.8, 4) is 0 Å². The summed E-state index contributed by atoms with van der Waals surface area (Å²) >= 11 is 3.32. The van der Waals surface area contributed by atoms with Gasteiger partial charge in [-0.25, -0.2) is 13.4 Å². The maximum absolute atomic E-state index is 12.2. The quantitative estimate of drug-likeness (QED) is 0.762. The first kappa shape index (κ1) is 15.0. The van der Waals surface area contributed by atoms with Crippen molar-refractivity contribution < 1.29 is 8.42 Å². The van der Waals surface area contributed by atoms with Gasteiger partial charge in [0.05, 0.1) is 5.69 Å². The Bertz CT molecular complexity index is 712. The smallest absolute Gasteiger partial charge is 0.264 e. The highest BCUT2D eigenvalue weighted by Crippen LogP contribution is 2.19. The van der Waals surface area contributed by atoms with Gasteiger partial charge in [-0.1, -0.05) is 0 Å². The van der Waals surface area contributed by atoms with Crippen LogP contribution >= 0.6 is 15.9 Å². The molecule has 3 N–H and O–H groups in total. The van der Waals surface area contributed by atoms with Gasteiger partial charge in [-0.15, -0.1) is 0 Å². The number of sulfonamides is 1. The monoisotopic (exact) mass is 358 g/mol. The van der Waals surface area contributed by atoms with Crippen LogP contribution in [0.15, 0.2) is 33.8 Å². The molecule has 0 unspecified atom stereocenters. The number of aryl methyl sites for hydroxylation is 1. The first-order valence-electron chi connectivity index (χ1n) is 5.90. The molecule has 0 aliphatic carbocycles. The zero-order valence-electron chi connectivity index (χ0n) is 11.1. The molecule has 0 amide bonds. The highest BCUT2D eigenvalue weighted by molar-refractivity contribution is 9.10. The topological polar surface area (TPSA) is 86.9 Å². The van der Waals surface area contributed by atoms with E-state index in [1.165, 1.54) is 6.20 Å². The molecule has 20 heavy (non-hydrogen) atoms. The van der Waals surface area contributed by atoms with E-state index in [0.29, 0.717) is 12.4 Å². The van der Waals surface area contributed by atoms with Crippen molar-refractivity contribution in [3.63, 3.8) is 0 Å². The second-order valence-electron chi connectivity index (χ2n) is 4.26. The van der Waals surface area contributed by atoms with E-state index in [4.69, 9.17) is 0 Å². The lowest BCUT2D eigenvalue weighted by molar-refractivity contribution is 0.601. The summed E-state index contributed by atoms with van der Waals surface area (Å²) in [6, 6.07) is 4.95. The number of rotatable bonds is 5. The summed E-state index contributed by atoms with van der Waals surface area (Å²) in [5.74, 6) is 0.294. The van der Waals surface area contributed by atoms with Crippen LogP contribution in [-0.4, -0.2) is 25.4 Å². The van der Waals surface area contributed by atoms with Gasteiger partial charge in [0.25, 0.3) is 10.0 Å². The number of aromatic amines is 1. The number of hydrogen-bond acceptors (Lipinski definition) is 4. The summed E-state index contributed by atoms with van der Waals surface area (Å²) in [7, 11) is -1.83. The van der Waals surface area contributed by atoms with Gasteiger partial charge in [-0.2, -0.15) is 0 Å². The van der Waals surface area contributed by atoms with Crippen molar-refractivity contribution in [1.82, 2.24) is 15.3 Å². The Hall–Kier alpha value is -1.38. The third-order valence-electron chi connectivity index (χ3n) is 2.65. The van der Waals surface area contributed by atoms with Gasteiger partial charge in [0.1, 0.15) is 10.7 Å². The molecule has 0 fully saturated rings. The molecule has 0 aliphatic heterocycles. The standard InChI is InChI=1S/C12H15BrN4O2S/c1-8-11(13)3-4-12(16-8)17-20(18,19)10-5-9(6-14-2)15-7-10/h3-5,7,14-15H,6H2,1-2H3,(H,16,17).